The van der Waals surface area contributed by atoms with Crippen LogP contribution >= 0.6 is 0 Å². The molecular formula is C10H14N4O2. The predicted octanol–water partition coefficient (Wildman–Crippen LogP) is 2.01. The predicted molar refractivity (Wildman–Crippen MR) is 58.9 cm³/mol. The van der Waals surface area contributed by atoms with E-state index in [1.165, 1.54) is 12.7 Å². The maximum Gasteiger partial charge on any atom is 0.332 e. The molecule has 0 saturated heterocycles. The summed E-state index contributed by atoms with van der Waals surface area (Å²) in [6.07, 6.45) is 6.63. The van der Waals surface area contributed by atoms with E-state index in [0.717, 1.165) is 25.7 Å². The lowest BCUT2D eigenvalue weighted by Crippen LogP contribution is -2.11. The largest absolute Gasteiger partial charge is 0.378 e. The van der Waals surface area contributed by atoms with Crippen molar-refractivity contribution in [2.24, 2.45) is 0 Å². The highest BCUT2D eigenvalue weighted by Gasteiger charge is 2.28. The monoisotopic (exact) mass is 222 g/mol. The van der Waals surface area contributed by atoms with Gasteiger partial charge in [0.05, 0.1) is 4.92 Å². The van der Waals surface area contributed by atoms with E-state index in [0.29, 0.717) is 5.69 Å². The van der Waals surface area contributed by atoms with Gasteiger partial charge in [0, 0.05) is 5.92 Å². The Balaban J connectivity index is 2.38. The molecule has 0 aromatic carbocycles. The molecule has 1 aromatic heterocycles. The zero-order chi connectivity index (χ0) is 11.5. The molecule has 1 saturated carbocycles. The van der Waals surface area contributed by atoms with Crippen LogP contribution in [0.15, 0.2) is 6.33 Å². The number of rotatable bonds is 2. The first-order valence-electron chi connectivity index (χ1n) is 5.45. The molecule has 0 unspecified atom stereocenters. The Labute approximate surface area is 93.0 Å². The van der Waals surface area contributed by atoms with Crippen molar-refractivity contribution < 1.29 is 4.92 Å². The molecule has 1 aliphatic rings. The van der Waals surface area contributed by atoms with Crippen molar-refractivity contribution in [3.63, 3.8) is 0 Å². The summed E-state index contributed by atoms with van der Waals surface area (Å²) in [6, 6.07) is 0. The van der Waals surface area contributed by atoms with Crippen LogP contribution in [-0.4, -0.2) is 14.9 Å². The molecule has 0 amide bonds. The van der Waals surface area contributed by atoms with E-state index in [1.807, 2.05) is 0 Å². The number of hydrogen-bond acceptors (Lipinski definition) is 5. The van der Waals surface area contributed by atoms with Crippen LogP contribution in [0.5, 0.6) is 0 Å². The smallest absolute Gasteiger partial charge is 0.332 e. The van der Waals surface area contributed by atoms with Crippen LogP contribution in [0.2, 0.25) is 0 Å². The second kappa shape index (κ2) is 4.42. The standard InChI is InChI=1S/C10H14N4O2/c11-10-9(14(15)16)8(12-6-13-10)7-4-2-1-3-5-7/h6-7H,1-5H2,(H2,11,12,13). The second-order valence-corrected chi connectivity index (χ2v) is 4.08. The van der Waals surface area contributed by atoms with Crippen molar-refractivity contribution in [1.82, 2.24) is 9.97 Å². The molecule has 1 heterocycles. The molecule has 0 bridgehead atoms. The van der Waals surface area contributed by atoms with Gasteiger partial charge in [-0.2, -0.15) is 0 Å². The fraction of sp³-hybridized carbons (Fsp3) is 0.600. The van der Waals surface area contributed by atoms with Crippen molar-refractivity contribution in [3.05, 3.63) is 22.1 Å². The summed E-state index contributed by atoms with van der Waals surface area (Å²) in [5.74, 6) is 0.139. The summed E-state index contributed by atoms with van der Waals surface area (Å²) in [5.41, 5.74) is 5.95. The number of nitrogens with two attached hydrogens (primary N) is 1. The maximum atomic E-state index is 10.9. The summed E-state index contributed by atoms with van der Waals surface area (Å²) in [5, 5.41) is 10.9. The van der Waals surface area contributed by atoms with Crippen molar-refractivity contribution >= 4 is 11.5 Å². The Hall–Kier alpha value is -1.72. The van der Waals surface area contributed by atoms with Gasteiger partial charge in [-0.15, -0.1) is 0 Å². The molecule has 1 fully saturated rings. The first kappa shape index (κ1) is 10.8. The van der Waals surface area contributed by atoms with Gasteiger partial charge >= 0.3 is 5.69 Å². The SMILES string of the molecule is Nc1ncnc(C2CCCCC2)c1[N+](=O)[O-]. The highest BCUT2D eigenvalue weighted by atomic mass is 16.6. The average molecular weight is 222 g/mol. The summed E-state index contributed by atoms with van der Waals surface area (Å²) in [7, 11) is 0. The van der Waals surface area contributed by atoms with Gasteiger partial charge in [0.2, 0.25) is 5.82 Å². The normalized spacial score (nSPS) is 17.2. The van der Waals surface area contributed by atoms with E-state index < -0.39 is 4.92 Å². The molecule has 16 heavy (non-hydrogen) atoms. The molecule has 6 nitrogen and oxygen atoms in total. The first-order valence-corrected chi connectivity index (χ1v) is 5.45. The van der Waals surface area contributed by atoms with Crippen molar-refractivity contribution in [2.45, 2.75) is 38.0 Å². The molecule has 2 N–H and O–H groups in total. The zero-order valence-corrected chi connectivity index (χ0v) is 8.93. The Kier molecular flexibility index (Phi) is 2.98. The van der Waals surface area contributed by atoms with Gasteiger partial charge < -0.3 is 5.73 Å². The lowest BCUT2D eigenvalue weighted by atomic mass is 9.86. The van der Waals surface area contributed by atoms with Gasteiger partial charge in [-0.1, -0.05) is 19.3 Å². The van der Waals surface area contributed by atoms with Crippen LogP contribution < -0.4 is 5.73 Å². The van der Waals surface area contributed by atoms with Gasteiger partial charge in [0.25, 0.3) is 0 Å². The van der Waals surface area contributed by atoms with Gasteiger partial charge in [-0.3, -0.25) is 10.1 Å². The minimum atomic E-state index is -0.473. The molecule has 86 valence electrons. The first-order chi connectivity index (χ1) is 7.70. The minimum Gasteiger partial charge on any atom is -0.378 e. The molecule has 0 spiro atoms. The van der Waals surface area contributed by atoms with Crippen molar-refractivity contribution in [3.8, 4) is 0 Å². The quantitative estimate of drug-likeness (QED) is 0.610. The van der Waals surface area contributed by atoms with E-state index in [4.69, 9.17) is 5.73 Å². The molecule has 0 radical (unpaired) electrons. The highest BCUT2D eigenvalue weighted by Crippen LogP contribution is 2.37. The molecule has 6 heteroatoms. The summed E-state index contributed by atoms with van der Waals surface area (Å²) in [6.45, 7) is 0. The second-order valence-electron chi connectivity index (χ2n) is 4.08. The van der Waals surface area contributed by atoms with Crippen molar-refractivity contribution in [2.75, 3.05) is 5.73 Å². The third-order valence-corrected chi connectivity index (χ3v) is 3.05. The lowest BCUT2D eigenvalue weighted by molar-refractivity contribution is -0.385. The van der Waals surface area contributed by atoms with Crippen LogP contribution in [-0.2, 0) is 0 Å². The Morgan fingerprint density at radius 3 is 2.62 bits per heavy atom. The number of anilines is 1. The zero-order valence-electron chi connectivity index (χ0n) is 8.93. The molecule has 1 aromatic rings. The number of nitrogens with zero attached hydrogens (tertiary/aromatic N) is 3. The highest BCUT2D eigenvalue weighted by molar-refractivity contribution is 5.55. The van der Waals surface area contributed by atoms with E-state index >= 15 is 0 Å². The fourth-order valence-electron chi connectivity index (χ4n) is 2.27. The minimum absolute atomic E-state index is 0.0272. The topological polar surface area (TPSA) is 94.9 Å². The lowest BCUT2D eigenvalue weighted by Gasteiger charge is -2.20. The van der Waals surface area contributed by atoms with Gasteiger partial charge in [-0.25, -0.2) is 9.97 Å². The van der Waals surface area contributed by atoms with Gasteiger partial charge in [-0.05, 0) is 12.8 Å². The third kappa shape index (κ3) is 1.95. The Morgan fingerprint density at radius 2 is 2.00 bits per heavy atom. The number of hydrogen-bond donors (Lipinski definition) is 1. The van der Waals surface area contributed by atoms with Gasteiger partial charge in [0.15, 0.2) is 0 Å². The van der Waals surface area contributed by atoms with E-state index in [2.05, 4.69) is 9.97 Å². The molecule has 0 atom stereocenters. The Morgan fingerprint density at radius 1 is 1.31 bits per heavy atom. The molecule has 0 aliphatic heterocycles. The summed E-state index contributed by atoms with van der Waals surface area (Å²) < 4.78 is 0. The van der Waals surface area contributed by atoms with E-state index in [9.17, 15) is 10.1 Å². The maximum absolute atomic E-state index is 10.9. The van der Waals surface area contributed by atoms with Crippen LogP contribution in [0.1, 0.15) is 43.7 Å². The number of nitro groups is 1. The van der Waals surface area contributed by atoms with Crippen LogP contribution in [0, 0.1) is 10.1 Å². The van der Waals surface area contributed by atoms with E-state index in [1.54, 1.807) is 0 Å². The van der Waals surface area contributed by atoms with Gasteiger partial charge in [0.1, 0.15) is 12.0 Å². The van der Waals surface area contributed by atoms with Crippen LogP contribution in [0.4, 0.5) is 11.5 Å². The van der Waals surface area contributed by atoms with Crippen LogP contribution in [0.3, 0.4) is 0 Å². The number of aromatic nitrogens is 2. The Bertz CT molecular complexity index is 402. The summed E-state index contributed by atoms with van der Waals surface area (Å²) in [4.78, 5) is 18.2. The molecular weight excluding hydrogens is 208 g/mol. The molecule has 1 aliphatic carbocycles. The molecule has 2 rings (SSSR count). The fourth-order valence-corrected chi connectivity index (χ4v) is 2.27. The third-order valence-electron chi connectivity index (χ3n) is 3.05. The van der Waals surface area contributed by atoms with Crippen molar-refractivity contribution in [1.29, 1.82) is 0 Å². The number of nitrogen functional groups attached to an aromatic ring is 1. The summed E-state index contributed by atoms with van der Waals surface area (Å²) >= 11 is 0. The van der Waals surface area contributed by atoms with E-state index in [-0.39, 0.29) is 17.4 Å². The van der Waals surface area contributed by atoms with Crippen LogP contribution in [0.25, 0.3) is 0 Å². The average Bonchev–Trinajstić information content (AvgIpc) is 2.29.